The van der Waals surface area contributed by atoms with E-state index in [1.807, 2.05) is 11.7 Å². The van der Waals surface area contributed by atoms with Gasteiger partial charge in [0.25, 0.3) is 0 Å². The molecule has 0 unspecified atom stereocenters. The summed E-state index contributed by atoms with van der Waals surface area (Å²) in [5, 5.41) is 5.60. The van der Waals surface area contributed by atoms with Crippen molar-refractivity contribution in [1.29, 1.82) is 0 Å². The van der Waals surface area contributed by atoms with E-state index >= 15 is 0 Å². The fraction of sp³-hybridized carbons (Fsp3) is 0.727. The number of nitrogens with zero attached hydrogens (tertiary/aromatic N) is 2. The predicted octanol–water partition coefficient (Wildman–Crippen LogP) is 2.25. The van der Waals surface area contributed by atoms with Crippen molar-refractivity contribution >= 4 is 15.9 Å². The fourth-order valence-corrected chi connectivity index (χ4v) is 2.59. The average molecular weight is 273 g/mol. The second-order valence-corrected chi connectivity index (χ2v) is 4.83. The molecule has 0 saturated carbocycles. The number of hydrogen-bond donors (Lipinski definition) is 0. The van der Waals surface area contributed by atoms with Crippen LogP contribution < -0.4 is 0 Å². The van der Waals surface area contributed by atoms with Gasteiger partial charge in [-0.25, -0.2) is 0 Å². The zero-order valence-corrected chi connectivity index (χ0v) is 10.7. The molecule has 0 N–H and O–H groups in total. The Morgan fingerprint density at radius 3 is 2.93 bits per heavy atom. The molecule has 1 aromatic rings. The lowest BCUT2D eigenvalue weighted by Gasteiger charge is -2.21. The molecule has 0 aliphatic carbocycles. The van der Waals surface area contributed by atoms with Crippen LogP contribution in [0.4, 0.5) is 0 Å². The molecule has 15 heavy (non-hydrogen) atoms. The first-order chi connectivity index (χ1) is 7.31. The molecule has 0 aromatic carbocycles. The second kappa shape index (κ2) is 5.12. The van der Waals surface area contributed by atoms with Crippen molar-refractivity contribution < 1.29 is 4.74 Å². The van der Waals surface area contributed by atoms with E-state index in [-0.39, 0.29) is 0 Å². The first kappa shape index (κ1) is 11.1. The Hall–Kier alpha value is -0.350. The Bertz CT molecular complexity index is 318. The van der Waals surface area contributed by atoms with E-state index in [0.717, 1.165) is 37.8 Å². The van der Waals surface area contributed by atoms with Crippen molar-refractivity contribution in [3.63, 3.8) is 0 Å². The first-order valence-corrected chi connectivity index (χ1v) is 6.59. The van der Waals surface area contributed by atoms with Crippen molar-refractivity contribution in [2.24, 2.45) is 7.05 Å². The minimum absolute atomic E-state index is 0.606. The highest BCUT2D eigenvalue weighted by Crippen LogP contribution is 2.28. The topological polar surface area (TPSA) is 27.1 Å². The summed E-state index contributed by atoms with van der Waals surface area (Å²) in [6, 6.07) is 0. The van der Waals surface area contributed by atoms with Crippen LogP contribution in [0.15, 0.2) is 6.20 Å². The van der Waals surface area contributed by atoms with Gasteiger partial charge in [-0.15, -0.1) is 0 Å². The highest BCUT2D eigenvalue weighted by molar-refractivity contribution is 9.09. The van der Waals surface area contributed by atoms with Crippen LogP contribution in [-0.4, -0.2) is 28.3 Å². The van der Waals surface area contributed by atoms with E-state index in [4.69, 9.17) is 4.74 Å². The van der Waals surface area contributed by atoms with Crippen molar-refractivity contribution in [3.05, 3.63) is 17.5 Å². The highest BCUT2D eigenvalue weighted by atomic mass is 79.9. The molecule has 0 spiro atoms. The lowest BCUT2D eigenvalue weighted by molar-refractivity contribution is 0.0842. The maximum absolute atomic E-state index is 5.38. The molecule has 0 radical (unpaired) electrons. The molecule has 1 aliphatic heterocycles. The van der Waals surface area contributed by atoms with Crippen molar-refractivity contribution in [1.82, 2.24) is 9.78 Å². The summed E-state index contributed by atoms with van der Waals surface area (Å²) in [5.41, 5.74) is 2.68. The summed E-state index contributed by atoms with van der Waals surface area (Å²) < 4.78 is 7.32. The van der Waals surface area contributed by atoms with E-state index < -0.39 is 0 Å². The van der Waals surface area contributed by atoms with Gasteiger partial charge in [0.1, 0.15) is 0 Å². The molecule has 1 aliphatic rings. The Labute approximate surface area is 98.9 Å². The first-order valence-electron chi connectivity index (χ1n) is 5.47. The largest absolute Gasteiger partial charge is 0.381 e. The molecule has 4 heteroatoms. The fourth-order valence-electron chi connectivity index (χ4n) is 2.16. The van der Waals surface area contributed by atoms with Crippen molar-refractivity contribution in [2.45, 2.75) is 25.2 Å². The number of alkyl halides is 1. The lowest BCUT2D eigenvalue weighted by atomic mass is 9.93. The third-order valence-corrected chi connectivity index (χ3v) is 3.31. The monoisotopic (exact) mass is 272 g/mol. The molecule has 2 heterocycles. The minimum atomic E-state index is 0.606. The van der Waals surface area contributed by atoms with Gasteiger partial charge in [-0.1, -0.05) is 15.9 Å². The van der Waals surface area contributed by atoms with E-state index in [9.17, 15) is 0 Å². The zero-order valence-electron chi connectivity index (χ0n) is 9.08. The standard InChI is InChI=1S/C11H17BrN2O/c1-14-8-10(2-5-12)11(13-14)9-3-6-15-7-4-9/h8-9H,2-7H2,1H3. The Morgan fingerprint density at radius 1 is 1.53 bits per heavy atom. The van der Waals surface area contributed by atoms with E-state index in [2.05, 4.69) is 27.2 Å². The van der Waals surface area contributed by atoms with Gasteiger partial charge in [-0.05, 0) is 24.8 Å². The highest BCUT2D eigenvalue weighted by Gasteiger charge is 2.21. The van der Waals surface area contributed by atoms with Crippen molar-refractivity contribution in [2.75, 3.05) is 18.5 Å². The SMILES string of the molecule is Cn1cc(CCBr)c(C2CCOCC2)n1. The van der Waals surface area contributed by atoms with Crippen LogP contribution in [0.2, 0.25) is 0 Å². The van der Waals surface area contributed by atoms with Crippen LogP contribution in [-0.2, 0) is 18.2 Å². The molecule has 1 aromatic heterocycles. The quantitative estimate of drug-likeness (QED) is 0.790. The normalized spacial score (nSPS) is 18.3. The summed E-state index contributed by atoms with van der Waals surface area (Å²) >= 11 is 3.49. The van der Waals surface area contributed by atoms with Crippen LogP contribution >= 0.6 is 15.9 Å². The number of hydrogen-bond acceptors (Lipinski definition) is 2. The molecular weight excluding hydrogens is 256 g/mol. The number of aryl methyl sites for hydroxylation is 2. The molecule has 1 saturated heterocycles. The molecule has 3 nitrogen and oxygen atoms in total. The van der Waals surface area contributed by atoms with Crippen LogP contribution in [0, 0.1) is 0 Å². The van der Waals surface area contributed by atoms with Gasteiger partial charge < -0.3 is 4.74 Å². The van der Waals surface area contributed by atoms with Gasteiger partial charge in [0.05, 0.1) is 5.69 Å². The minimum Gasteiger partial charge on any atom is -0.381 e. The van der Waals surface area contributed by atoms with Gasteiger partial charge in [0, 0.05) is 37.7 Å². The molecule has 0 amide bonds. The summed E-state index contributed by atoms with van der Waals surface area (Å²) in [6.45, 7) is 1.77. The Balaban J connectivity index is 2.17. The Morgan fingerprint density at radius 2 is 2.27 bits per heavy atom. The molecule has 2 rings (SSSR count). The van der Waals surface area contributed by atoms with Crippen LogP contribution in [0.25, 0.3) is 0 Å². The van der Waals surface area contributed by atoms with E-state index in [0.29, 0.717) is 5.92 Å². The number of ether oxygens (including phenoxy) is 1. The van der Waals surface area contributed by atoms with Crippen LogP contribution in [0.3, 0.4) is 0 Å². The van der Waals surface area contributed by atoms with Gasteiger partial charge in [0.15, 0.2) is 0 Å². The maximum atomic E-state index is 5.38. The summed E-state index contributed by atoms with van der Waals surface area (Å²) in [5.74, 6) is 0.606. The van der Waals surface area contributed by atoms with Gasteiger partial charge in [0.2, 0.25) is 0 Å². The lowest BCUT2D eigenvalue weighted by Crippen LogP contribution is -2.15. The van der Waals surface area contributed by atoms with Gasteiger partial charge in [-0.2, -0.15) is 5.10 Å². The van der Waals surface area contributed by atoms with Crippen LogP contribution in [0.5, 0.6) is 0 Å². The van der Waals surface area contributed by atoms with E-state index in [1.54, 1.807) is 0 Å². The molecule has 0 atom stereocenters. The smallest absolute Gasteiger partial charge is 0.0689 e. The predicted molar refractivity (Wildman–Crippen MR) is 63.5 cm³/mol. The third kappa shape index (κ3) is 2.61. The van der Waals surface area contributed by atoms with Crippen LogP contribution in [0.1, 0.15) is 30.0 Å². The van der Waals surface area contributed by atoms with Gasteiger partial charge in [-0.3, -0.25) is 4.68 Å². The number of aromatic nitrogens is 2. The third-order valence-electron chi connectivity index (χ3n) is 2.91. The molecule has 1 fully saturated rings. The molecule has 84 valence electrons. The summed E-state index contributed by atoms with van der Waals surface area (Å²) in [4.78, 5) is 0. The molecular formula is C11H17BrN2O. The van der Waals surface area contributed by atoms with Crippen molar-refractivity contribution in [3.8, 4) is 0 Å². The van der Waals surface area contributed by atoms with Gasteiger partial charge >= 0.3 is 0 Å². The zero-order chi connectivity index (χ0) is 10.7. The average Bonchev–Trinajstić information content (AvgIpc) is 2.62. The second-order valence-electron chi connectivity index (χ2n) is 4.04. The number of halogens is 1. The maximum Gasteiger partial charge on any atom is 0.0689 e. The Kier molecular flexibility index (Phi) is 3.81. The molecule has 0 bridgehead atoms. The van der Waals surface area contributed by atoms with E-state index in [1.165, 1.54) is 11.3 Å². The number of rotatable bonds is 3. The summed E-state index contributed by atoms with van der Waals surface area (Å²) in [6.07, 6.45) is 5.45. The summed E-state index contributed by atoms with van der Waals surface area (Å²) in [7, 11) is 2.00.